The summed E-state index contributed by atoms with van der Waals surface area (Å²) in [5.41, 5.74) is 0. The minimum absolute atomic E-state index is 0.548. The van der Waals surface area contributed by atoms with Crippen LogP contribution in [0.4, 0.5) is 0 Å². The van der Waals surface area contributed by atoms with Gasteiger partial charge in [0.2, 0.25) is 0 Å². The summed E-state index contributed by atoms with van der Waals surface area (Å²) >= 11 is 0. The first-order valence-corrected chi connectivity index (χ1v) is 4.14. The average molecular weight is 169 g/mol. The summed E-state index contributed by atoms with van der Waals surface area (Å²) in [7, 11) is 1.66. The third-order valence-corrected chi connectivity index (χ3v) is 1.55. The summed E-state index contributed by atoms with van der Waals surface area (Å²) in [5, 5.41) is 3.19. The van der Waals surface area contributed by atoms with E-state index in [2.05, 4.69) is 12.2 Å². The molecular weight excluding hydrogens is 154 g/mol. The quantitative estimate of drug-likeness (QED) is 0.726. The molecule has 3 nitrogen and oxygen atoms in total. The summed E-state index contributed by atoms with van der Waals surface area (Å²) < 4.78 is 10.4. The van der Waals surface area contributed by atoms with E-state index in [1.165, 1.54) is 0 Å². The molecule has 1 heterocycles. The fourth-order valence-electron chi connectivity index (χ4n) is 0.985. The molecule has 3 heteroatoms. The molecular formula is C9H15NO2. The van der Waals surface area contributed by atoms with Crippen LogP contribution in [0.1, 0.15) is 18.4 Å². The summed E-state index contributed by atoms with van der Waals surface area (Å²) in [4.78, 5) is 0. The second-order valence-corrected chi connectivity index (χ2v) is 2.58. The molecule has 0 spiro atoms. The van der Waals surface area contributed by atoms with Crippen LogP contribution in [0.3, 0.4) is 0 Å². The van der Waals surface area contributed by atoms with Gasteiger partial charge in [-0.2, -0.15) is 0 Å². The molecule has 0 aliphatic carbocycles. The van der Waals surface area contributed by atoms with Gasteiger partial charge in [0, 0.05) is 7.11 Å². The Morgan fingerprint density at radius 1 is 1.42 bits per heavy atom. The predicted molar refractivity (Wildman–Crippen MR) is 46.8 cm³/mol. The molecule has 1 N–H and O–H groups in total. The highest BCUT2D eigenvalue weighted by Gasteiger charge is 1.99. The lowest BCUT2D eigenvalue weighted by molar-refractivity contribution is 0.162. The summed E-state index contributed by atoms with van der Waals surface area (Å²) in [6.07, 6.45) is 0. The van der Waals surface area contributed by atoms with Crippen molar-refractivity contribution in [1.82, 2.24) is 5.32 Å². The van der Waals surface area contributed by atoms with Gasteiger partial charge in [0.1, 0.15) is 18.1 Å². The molecule has 0 aliphatic rings. The molecule has 0 amide bonds. The number of hydrogen-bond donors (Lipinski definition) is 1. The van der Waals surface area contributed by atoms with E-state index in [4.69, 9.17) is 9.15 Å². The van der Waals surface area contributed by atoms with Gasteiger partial charge < -0.3 is 14.5 Å². The molecule has 12 heavy (non-hydrogen) atoms. The van der Waals surface area contributed by atoms with Gasteiger partial charge >= 0.3 is 0 Å². The molecule has 0 saturated carbocycles. The number of nitrogens with one attached hydrogen (secondary N) is 1. The van der Waals surface area contributed by atoms with Crippen molar-refractivity contribution in [3.05, 3.63) is 23.7 Å². The zero-order valence-electron chi connectivity index (χ0n) is 7.59. The van der Waals surface area contributed by atoms with Gasteiger partial charge in [0.05, 0.1) is 6.54 Å². The van der Waals surface area contributed by atoms with Crippen molar-refractivity contribution in [2.24, 2.45) is 0 Å². The molecule has 0 unspecified atom stereocenters. The van der Waals surface area contributed by atoms with Crippen molar-refractivity contribution in [3.8, 4) is 0 Å². The highest BCUT2D eigenvalue weighted by Crippen LogP contribution is 2.07. The van der Waals surface area contributed by atoms with Gasteiger partial charge in [-0.25, -0.2) is 0 Å². The molecule has 1 aromatic rings. The Hall–Kier alpha value is -0.800. The van der Waals surface area contributed by atoms with Gasteiger partial charge in [-0.15, -0.1) is 0 Å². The number of hydrogen-bond acceptors (Lipinski definition) is 3. The number of rotatable bonds is 5. The molecule has 0 saturated heterocycles. The summed E-state index contributed by atoms with van der Waals surface area (Å²) in [5.74, 6) is 1.84. The van der Waals surface area contributed by atoms with E-state index < -0.39 is 0 Å². The van der Waals surface area contributed by atoms with Crippen LogP contribution in [0.5, 0.6) is 0 Å². The lowest BCUT2D eigenvalue weighted by atomic mass is 10.4. The van der Waals surface area contributed by atoms with Crippen LogP contribution in [0, 0.1) is 0 Å². The van der Waals surface area contributed by atoms with E-state index in [1.807, 2.05) is 12.1 Å². The van der Waals surface area contributed by atoms with Crippen molar-refractivity contribution in [1.29, 1.82) is 0 Å². The first kappa shape index (κ1) is 9.29. The van der Waals surface area contributed by atoms with Crippen molar-refractivity contribution < 1.29 is 9.15 Å². The Kier molecular flexibility index (Phi) is 3.84. The second-order valence-electron chi connectivity index (χ2n) is 2.58. The van der Waals surface area contributed by atoms with Crippen LogP contribution in [0.25, 0.3) is 0 Å². The first-order chi connectivity index (χ1) is 5.86. The average Bonchev–Trinajstić information content (AvgIpc) is 2.50. The number of methoxy groups -OCH3 is 1. The summed E-state index contributed by atoms with van der Waals surface area (Å²) in [6, 6.07) is 3.91. The molecule has 0 radical (unpaired) electrons. The Bertz CT molecular complexity index is 220. The monoisotopic (exact) mass is 169 g/mol. The van der Waals surface area contributed by atoms with Gasteiger partial charge in [0.15, 0.2) is 0 Å². The van der Waals surface area contributed by atoms with Gasteiger partial charge in [-0.3, -0.25) is 0 Å². The van der Waals surface area contributed by atoms with Crippen LogP contribution >= 0.6 is 0 Å². The second kappa shape index (κ2) is 4.95. The highest BCUT2D eigenvalue weighted by atomic mass is 16.5. The lowest BCUT2D eigenvalue weighted by Gasteiger charge is -1.96. The maximum atomic E-state index is 5.44. The van der Waals surface area contributed by atoms with E-state index in [0.29, 0.717) is 6.61 Å². The lowest BCUT2D eigenvalue weighted by Crippen LogP contribution is -2.10. The smallest absolute Gasteiger partial charge is 0.129 e. The van der Waals surface area contributed by atoms with Gasteiger partial charge in [-0.05, 0) is 18.7 Å². The SMILES string of the molecule is CCNCc1ccc(COC)o1. The first-order valence-electron chi connectivity index (χ1n) is 4.14. The predicted octanol–water partition coefficient (Wildman–Crippen LogP) is 1.54. The Morgan fingerprint density at radius 2 is 2.17 bits per heavy atom. The highest BCUT2D eigenvalue weighted by molar-refractivity contribution is 5.06. The third kappa shape index (κ3) is 2.68. The van der Waals surface area contributed by atoms with E-state index in [9.17, 15) is 0 Å². The van der Waals surface area contributed by atoms with E-state index in [-0.39, 0.29) is 0 Å². The van der Waals surface area contributed by atoms with E-state index >= 15 is 0 Å². The van der Waals surface area contributed by atoms with Crippen LogP contribution < -0.4 is 5.32 Å². The van der Waals surface area contributed by atoms with Gasteiger partial charge in [-0.1, -0.05) is 6.92 Å². The number of ether oxygens (including phenoxy) is 1. The van der Waals surface area contributed by atoms with Crippen LogP contribution in [-0.2, 0) is 17.9 Å². The zero-order valence-corrected chi connectivity index (χ0v) is 7.59. The molecule has 0 aliphatic heterocycles. The van der Waals surface area contributed by atoms with E-state index in [0.717, 1.165) is 24.6 Å². The standard InChI is InChI=1S/C9H15NO2/c1-3-10-6-8-4-5-9(12-8)7-11-2/h4-5,10H,3,6-7H2,1-2H3. The van der Waals surface area contributed by atoms with Crippen LogP contribution in [0.15, 0.2) is 16.5 Å². The molecule has 0 aromatic carbocycles. The van der Waals surface area contributed by atoms with Crippen LogP contribution in [0.2, 0.25) is 0 Å². The molecule has 1 aromatic heterocycles. The minimum Gasteiger partial charge on any atom is -0.462 e. The molecule has 68 valence electrons. The fourth-order valence-corrected chi connectivity index (χ4v) is 0.985. The van der Waals surface area contributed by atoms with Crippen molar-refractivity contribution in [2.75, 3.05) is 13.7 Å². The zero-order chi connectivity index (χ0) is 8.81. The minimum atomic E-state index is 0.548. The fraction of sp³-hybridized carbons (Fsp3) is 0.556. The summed E-state index contributed by atoms with van der Waals surface area (Å²) in [6.45, 7) is 4.37. The molecule has 0 fully saturated rings. The van der Waals surface area contributed by atoms with Crippen LogP contribution in [-0.4, -0.2) is 13.7 Å². The third-order valence-electron chi connectivity index (χ3n) is 1.55. The van der Waals surface area contributed by atoms with Crippen molar-refractivity contribution in [3.63, 3.8) is 0 Å². The van der Waals surface area contributed by atoms with Gasteiger partial charge in [0.25, 0.3) is 0 Å². The maximum Gasteiger partial charge on any atom is 0.129 e. The Labute approximate surface area is 72.7 Å². The molecule has 1 rings (SSSR count). The largest absolute Gasteiger partial charge is 0.462 e. The van der Waals surface area contributed by atoms with E-state index in [1.54, 1.807) is 7.11 Å². The molecule has 0 atom stereocenters. The normalized spacial score (nSPS) is 10.5. The Balaban J connectivity index is 2.41. The van der Waals surface area contributed by atoms with Crippen molar-refractivity contribution in [2.45, 2.75) is 20.1 Å². The number of furan rings is 1. The maximum absolute atomic E-state index is 5.44. The van der Waals surface area contributed by atoms with Crippen molar-refractivity contribution >= 4 is 0 Å². The molecule has 0 bridgehead atoms. The topological polar surface area (TPSA) is 34.4 Å². The Morgan fingerprint density at radius 3 is 2.83 bits per heavy atom.